The fourth-order valence-electron chi connectivity index (χ4n) is 2.28. The predicted octanol–water partition coefficient (Wildman–Crippen LogP) is 5.60. The summed E-state index contributed by atoms with van der Waals surface area (Å²) in [6.07, 6.45) is 4.78. The molecule has 0 heterocycles. The highest BCUT2D eigenvalue weighted by Crippen LogP contribution is 2.13. The monoisotopic (exact) mass is 284 g/mol. The van der Waals surface area contributed by atoms with Gasteiger partial charge in [-0.2, -0.15) is 0 Å². The van der Waals surface area contributed by atoms with Gasteiger partial charge in [-0.05, 0) is 48.6 Å². The smallest absolute Gasteiger partial charge is 0.119 e. The van der Waals surface area contributed by atoms with Gasteiger partial charge in [0.15, 0.2) is 0 Å². The molecule has 0 aromatic heterocycles. The number of hydrogen-bond donors (Lipinski definition) is 0. The van der Waals surface area contributed by atoms with Crippen molar-refractivity contribution < 1.29 is 4.74 Å². The largest absolute Gasteiger partial charge is 0.497 e. The maximum atomic E-state index is 5.10. The van der Waals surface area contributed by atoms with Crippen molar-refractivity contribution in [2.45, 2.75) is 46.5 Å². The van der Waals surface area contributed by atoms with E-state index in [9.17, 15) is 0 Å². The molecule has 0 fully saturated rings. The van der Waals surface area contributed by atoms with Gasteiger partial charge in [0.2, 0.25) is 0 Å². The summed E-state index contributed by atoms with van der Waals surface area (Å²) in [5, 5.41) is 0. The summed E-state index contributed by atoms with van der Waals surface area (Å²) in [7, 11) is 1.70. The number of ether oxygens (including phenoxy) is 1. The molecule has 0 bridgehead atoms. The summed E-state index contributed by atoms with van der Waals surface area (Å²) in [5.41, 5.74) is 4.27. The van der Waals surface area contributed by atoms with E-state index in [1.165, 1.54) is 36.0 Å². The van der Waals surface area contributed by atoms with Crippen LogP contribution in [0.4, 0.5) is 0 Å². The van der Waals surface area contributed by atoms with E-state index in [2.05, 4.69) is 57.2 Å². The molecule has 114 valence electrons. The van der Waals surface area contributed by atoms with E-state index in [4.69, 9.17) is 4.74 Å². The summed E-state index contributed by atoms with van der Waals surface area (Å²) in [6, 6.07) is 16.8. The van der Waals surface area contributed by atoms with Crippen LogP contribution in [0.25, 0.3) is 0 Å². The molecular weight excluding hydrogens is 256 g/mol. The van der Waals surface area contributed by atoms with Gasteiger partial charge in [-0.15, -0.1) is 0 Å². The second kappa shape index (κ2) is 10.0. The third-order valence-electron chi connectivity index (χ3n) is 3.45. The summed E-state index contributed by atoms with van der Waals surface area (Å²) >= 11 is 0. The van der Waals surface area contributed by atoms with E-state index in [0.717, 1.165) is 12.2 Å². The van der Waals surface area contributed by atoms with Crippen molar-refractivity contribution in [3.8, 4) is 5.75 Å². The van der Waals surface area contributed by atoms with Gasteiger partial charge in [-0.25, -0.2) is 0 Å². The van der Waals surface area contributed by atoms with Crippen LogP contribution in [0.15, 0.2) is 48.5 Å². The zero-order valence-corrected chi connectivity index (χ0v) is 13.9. The van der Waals surface area contributed by atoms with Crippen molar-refractivity contribution >= 4 is 0 Å². The Labute approximate surface area is 130 Å². The zero-order valence-electron chi connectivity index (χ0n) is 13.9. The molecule has 0 unspecified atom stereocenters. The van der Waals surface area contributed by atoms with Crippen LogP contribution < -0.4 is 4.74 Å². The molecule has 2 aromatic carbocycles. The molecule has 0 N–H and O–H groups in total. The minimum absolute atomic E-state index is 0.955. The molecule has 1 nitrogen and oxygen atoms in total. The third-order valence-corrected chi connectivity index (χ3v) is 3.45. The first kappa shape index (κ1) is 17.3. The Morgan fingerprint density at radius 1 is 0.857 bits per heavy atom. The van der Waals surface area contributed by atoms with Crippen LogP contribution in [-0.4, -0.2) is 7.11 Å². The van der Waals surface area contributed by atoms with Gasteiger partial charge in [0, 0.05) is 0 Å². The van der Waals surface area contributed by atoms with Crippen molar-refractivity contribution in [3.05, 3.63) is 65.2 Å². The number of rotatable bonds is 5. The number of methoxy groups -OCH3 is 1. The van der Waals surface area contributed by atoms with Crippen molar-refractivity contribution in [2.24, 2.45) is 0 Å². The van der Waals surface area contributed by atoms with Crippen LogP contribution in [-0.2, 0) is 12.8 Å². The van der Waals surface area contributed by atoms with Gasteiger partial charge in [-0.1, -0.05) is 63.1 Å². The zero-order chi connectivity index (χ0) is 15.5. The first-order chi connectivity index (χ1) is 10.2. The first-order valence-electron chi connectivity index (χ1n) is 7.88. The van der Waals surface area contributed by atoms with Crippen LogP contribution in [0.1, 0.15) is 43.4 Å². The fourth-order valence-corrected chi connectivity index (χ4v) is 2.28. The Kier molecular flexibility index (Phi) is 8.27. The average Bonchev–Trinajstić information content (AvgIpc) is 2.51. The minimum Gasteiger partial charge on any atom is -0.497 e. The Hall–Kier alpha value is -1.76. The van der Waals surface area contributed by atoms with Crippen molar-refractivity contribution in [1.29, 1.82) is 0 Å². The topological polar surface area (TPSA) is 9.23 Å². The van der Waals surface area contributed by atoms with E-state index in [1.807, 2.05) is 12.1 Å². The van der Waals surface area contributed by atoms with Crippen LogP contribution in [0.5, 0.6) is 5.75 Å². The van der Waals surface area contributed by atoms with Gasteiger partial charge < -0.3 is 4.74 Å². The SMILES string of the molecule is CCCc1cccc(OC)c1.CCCc1ccccc1C. The third kappa shape index (κ3) is 6.48. The molecule has 0 atom stereocenters. The standard InChI is InChI=1S/C10H14O.C10H14/c1-3-5-9-6-4-7-10(8-9)11-2;1-3-6-10-8-5-4-7-9(10)2/h4,6-8H,3,5H2,1-2H3;4-5,7-8H,3,6H2,1-2H3. The van der Waals surface area contributed by atoms with Gasteiger partial charge >= 0.3 is 0 Å². The van der Waals surface area contributed by atoms with Crippen LogP contribution in [0.2, 0.25) is 0 Å². The maximum Gasteiger partial charge on any atom is 0.119 e. The molecule has 0 saturated carbocycles. The van der Waals surface area contributed by atoms with Crippen molar-refractivity contribution in [2.75, 3.05) is 7.11 Å². The Morgan fingerprint density at radius 3 is 2.19 bits per heavy atom. The minimum atomic E-state index is 0.955. The fraction of sp³-hybridized carbons (Fsp3) is 0.400. The molecule has 0 aliphatic carbocycles. The molecule has 0 aliphatic heterocycles. The second-order valence-electron chi connectivity index (χ2n) is 5.28. The van der Waals surface area contributed by atoms with E-state index >= 15 is 0 Å². The molecule has 0 saturated heterocycles. The van der Waals surface area contributed by atoms with Gasteiger partial charge in [0.1, 0.15) is 5.75 Å². The average molecular weight is 284 g/mol. The van der Waals surface area contributed by atoms with Gasteiger partial charge in [0.25, 0.3) is 0 Å². The maximum absolute atomic E-state index is 5.10. The summed E-state index contributed by atoms with van der Waals surface area (Å²) in [6.45, 7) is 6.57. The van der Waals surface area contributed by atoms with E-state index in [-0.39, 0.29) is 0 Å². The lowest BCUT2D eigenvalue weighted by molar-refractivity contribution is 0.414. The lowest BCUT2D eigenvalue weighted by Gasteiger charge is -2.01. The molecule has 1 heteroatoms. The highest BCUT2D eigenvalue weighted by Gasteiger charge is 1.93. The number of benzene rings is 2. The van der Waals surface area contributed by atoms with Crippen LogP contribution >= 0.6 is 0 Å². The molecule has 21 heavy (non-hydrogen) atoms. The van der Waals surface area contributed by atoms with Gasteiger partial charge in [0.05, 0.1) is 7.11 Å². The lowest BCUT2D eigenvalue weighted by Crippen LogP contribution is -1.86. The van der Waals surface area contributed by atoms with Crippen molar-refractivity contribution in [1.82, 2.24) is 0 Å². The Balaban J connectivity index is 0.000000211. The Morgan fingerprint density at radius 2 is 1.57 bits per heavy atom. The number of hydrogen-bond acceptors (Lipinski definition) is 1. The molecule has 0 aliphatic rings. The highest BCUT2D eigenvalue weighted by atomic mass is 16.5. The quantitative estimate of drug-likeness (QED) is 0.695. The first-order valence-corrected chi connectivity index (χ1v) is 7.88. The molecule has 0 amide bonds. The molecular formula is C20H28O. The number of aryl methyl sites for hydroxylation is 3. The normalized spacial score (nSPS) is 9.71. The van der Waals surface area contributed by atoms with Crippen LogP contribution in [0.3, 0.4) is 0 Å². The predicted molar refractivity (Wildman–Crippen MR) is 92.2 cm³/mol. The Bertz CT molecular complexity index is 517. The molecule has 2 rings (SSSR count). The van der Waals surface area contributed by atoms with Crippen molar-refractivity contribution in [3.63, 3.8) is 0 Å². The van der Waals surface area contributed by atoms with E-state index in [1.54, 1.807) is 7.11 Å². The van der Waals surface area contributed by atoms with E-state index in [0.29, 0.717) is 0 Å². The molecule has 2 aromatic rings. The molecule has 0 spiro atoms. The molecule has 0 radical (unpaired) electrons. The lowest BCUT2D eigenvalue weighted by atomic mass is 10.1. The second-order valence-corrected chi connectivity index (χ2v) is 5.28. The summed E-state index contributed by atoms with van der Waals surface area (Å²) in [4.78, 5) is 0. The van der Waals surface area contributed by atoms with Crippen LogP contribution in [0, 0.1) is 6.92 Å². The summed E-state index contributed by atoms with van der Waals surface area (Å²) < 4.78 is 5.10. The summed E-state index contributed by atoms with van der Waals surface area (Å²) in [5.74, 6) is 0.955. The highest BCUT2D eigenvalue weighted by molar-refractivity contribution is 5.28. The van der Waals surface area contributed by atoms with Gasteiger partial charge in [-0.3, -0.25) is 0 Å². The van der Waals surface area contributed by atoms with E-state index < -0.39 is 0 Å².